The maximum Gasteiger partial charge on any atom is 0.127 e. The van der Waals surface area contributed by atoms with E-state index in [2.05, 4.69) is 38.1 Å². The van der Waals surface area contributed by atoms with Gasteiger partial charge in [0.15, 0.2) is 0 Å². The highest BCUT2D eigenvalue weighted by Crippen LogP contribution is 2.34. The normalized spacial score (nSPS) is 11.1. The minimum absolute atomic E-state index is 0.128. The predicted octanol–water partition coefficient (Wildman–Crippen LogP) is 7.60. The van der Waals surface area contributed by atoms with Crippen LogP contribution in [0.15, 0.2) is 109 Å². The van der Waals surface area contributed by atoms with Crippen LogP contribution in [0.1, 0.15) is 25.0 Å². The van der Waals surface area contributed by atoms with Crippen molar-refractivity contribution in [3.8, 4) is 23.0 Å². The van der Waals surface area contributed by atoms with Crippen molar-refractivity contribution < 1.29 is 9.47 Å². The molecule has 144 valence electrons. The van der Waals surface area contributed by atoms with E-state index in [-0.39, 0.29) is 5.41 Å². The topological polar surface area (TPSA) is 18.5 Å². The van der Waals surface area contributed by atoms with Crippen LogP contribution in [0.3, 0.4) is 0 Å². The molecule has 29 heavy (non-hydrogen) atoms. The second-order valence-corrected chi connectivity index (χ2v) is 7.50. The van der Waals surface area contributed by atoms with E-state index in [1.165, 1.54) is 11.1 Å². The van der Waals surface area contributed by atoms with Gasteiger partial charge in [0.05, 0.1) is 0 Å². The van der Waals surface area contributed by atoms with Crippen LogP contribution in [-0.2, 0) is 5.41 Å². The molecule has 4 rings (SSSR count). The largest absolute Gasteiger partial charge is 0.457 e. The molecule has 0 radical (unpaired) electrons. The fourth-order valence-corrected chi connectivity index (χ4v) is 3.30. The fourth-order valence-electron chi connectivity index (χ4n) is 3.30. The van der Waals surface area contributed by atoms with Crippen molar-refractivity contribution in [2.24, 2.45) is 0 Å². The molecule has 0 unspecified atom stereocenters. The van der Waals surface area contributed by atoms with Gasteiger partial charge >= 0.3 is 0 Å². The molecule has 0 aliphatic carbocycles. The lowest BCUT2D eigenvalue weighted by molar-refractivity contribution is 0.481. The van der Waals surface area contributed by atoms with Crippen molar-refractivity contribution >= 4 is 0 Å². The van der Waals surface area contributed by atoms with Crippen LogP contribution in [0.5, 0.6) is 23.0 Å². The standard InChI is InChI=1S/C27H24O2/c1-27(2,21-13-17-25(18-14-21)28-23-9-5-3-6-10-23)22-15-19-26(20-16-22)29-24-11-7-4-8-12-24/h3-20H,1-2H3. The molecule has 0 N–H and O–H groups in total. The molecule has 0 aliphatic rings. The molecule has 4 aromatic carbocycles. The summed E-state index contributed by atoms with van der Waals surface area (Å²) in [6.07, 6.45) is 0. The molecule has 0 amide bonds. The van der Waals surface area contributed by atoms with Gasteiger partial charge in [0, 0.05) is 5.41 Å². The van der Waals surface area contributed by atoms with Crippen molar-refractivity contribution in [1.82, 2.24) is 0 Å². The summed E-state index contributed by atoms with van der Waals surface area (Å²) in [5.41, 5.74) is 2.33. The number of hydrogen-bond acceptors (Lipinski definition) is 2. The zero-order valence-electron chi connectivity index (χ0n) is 16.7. The van der Waals surface area contributed by atoms with E-state index >= 15 is 0 Å². The molecule has 0 aliphatic heterocycles. The summed E-state index contributed by atoms with van der Waals surface area (Å²) in [7, 11) is 0. The summed E-state index contributed by atoms with van der Waals surface area (Å²) in [5, 5.41) is 0. The fraction of sp³-hybridized carbons (Fsp3) is 0.111. The predicted molar refractivity (Wildman–Crippen MR) is 118 cm³/mol. The van der Waals surface area contributed by atoms with E-state index < -0.39 is 0 Å². The van der Waals surface area contributed by atoms with Gasteiger partial charge in [-0.2, -0.15) is 0 Å². The summed E-state index contributed by atoms with van der Waals surface area (Å²) in [5.74, 6) is 3.35. The Labute approximate surface area is 172 Å². The highest BCUT2D eigenvalue weighted by molar-refractivity contribution is 5.43. The van der Waals surface area contributed by atoms with Gasteiger partial charge in [-0.05, 0) is 59.7 Å². The molecular weight excluding hydrogens is 356 g/mol. The lowest BCUT2D eigenvalue weighted by atomic mass is 9.78. The number of hydrogen-bond donors (Lipinski definition) is 0. The Bertz CT molecular complexity index is 948. The molecule has 0 aromatic heterocycles. The third kappa shape index (κ3) is 4.49. The van der Waals surface area contributed by atoms with Gasteiger partial charge < -0.3 is 9.47 Å². The van der Waals surface area contributed by atoms with E-state index in [1.54, 1.807) is 0 Å². The molecule has 0 fully saturated rings. The van der Waals surface area contributed by atoms with E-state index in [0.29, 0.717) is 0 Å². The molecule has 0 spiro atoms. The van der Waals surface area contributed by atoms with Crippen LogP contribution in [0, 0.1) is 0 Å². The highest BCUT2D eigenvalue weighted by Gasteiger charge is 2.23. The van der Waals surface area contributed by atoms with Gasteiger partial charge in [-0.3, -0.25) is 0 Å². The van der Waals surface area contributed by atoms with Crippen LogP contribution in [0.4, 0.5) is 0 Å². The molecular formula is C27H24O2. The van der Waals surface area contributed by atoms with E-state index in [1.807, 2.05) is 84.9 Å². The van der Waals surface area contributed by atoms with E-state index in [0.717, 1.165) is 23.0 Å². The SMILES string of the molecule is CC(C)(c1ccc(Oc2ccccc2)cc1)c1ccc(Oc2ccccc2)cc1. The Morgan fingerprint density at radius 3 is 1.07 bits per heavy atom. The van der Waals surface area contributed by atoms with Gasteiger partial charge in [0.2, 0.25) is 0 Å². The third-order valence-corrected chi connectivity index (χ3v) is 5.11. The van der Waals surface area contributed by atoms with Crippen molar-refractivity contribution in [3.05, 3.63) is 120 Å². The summed E-state index contributed by atoms with van der Waals surface area (Å²) >= 11 is 0. The average Bonchev–Trinajstić information content (AvgIpc) is 2.76. The second-order valence-electron chi connectivity index (χ2n) is 7.50. The van der Waals surface area contributed by atoms with Gasteiger partial charge in [0.25, 0.3) is 0 Å². The quantitative estimate of drug-likeness (QED) is 0.343. The number of rotatable bonds is 6. The average molecular weight is 380 g/mol. The third-order valence-electron chi connectivity index (χ3n) is 5.11. The number of para-hydroxylation sites is 2. The summed E-state index contributed by atoms with van der Waals surface area (Å²) in [6, 6.07) is 36.3. The minimum atomic E-state index is -0.128. The first kappa shape index (κ1) is 18.8. The minimum Gasteiger partial charge on any atom is -0.457 e. The Balaban J connectivity index is 1.48. The molecule has 0 saturated heterocycles. The monoisotopic (exact) mass is 380 g/mol. The van der Waals surface area contributed by atoms with Crippen LogP contribution in [0.2, 0.25) is 0 Å². The van der Waals surface area contributed by atoms with E-state index in [4.69, 9.17) is 9.47 Å². The zero-order valence-corrected chi connectivity index (χ0v) is 16.7. The number of benzene rings is 4. The Hall–Kier alpha value is -3.52. The van der Waals surface area contributed by atoms with Crippen LogP contribution >= 0.6 is 0 Å². The Morgan fingerprint density at radius 2 is 0.724 bits per heavy atom. The van der Waals surface area contributed by atoms with Gasteiger partial charge in [-0.25, -0.2) is 0 Å². The highest BCUT2D eigenvalue weighted by atomic mass is 16.5. The molecule has 0 saturated carbocycles. The van der Waals surface area contributed by atoms with Crippen LogP contribution in [-0.4, -0.2) is 0 Å². The van der Waals surface area contributed by atoms with E-state index in [9.17, 15) is 0 Å². The lowest BCUT2D eigenvalue weighted by Crippen LogP contribution is -2.18. The maximum absolute atomic E-state index is 5.91. The first-order valence-electron chi connectivity index (χ1n) is 9.78. The molecule has 0 bridgehead atoms. The van der Waals surface area contributed by atoms with Crippen molar-refractivity contribution in [2.45, 2.75) is 19.3 Å². The maximum atomic E-state index is 5.91. The lowest BCUT2D eigenvalue weighted by Gasteiger charge is -2.26. The van der Waals surface area contributed by atoms with Crippen molar-refractivity contribution in [2.75, 3.05) is 0 Å². The van der Waals surface area contributed by atoms with Crippen LogP contribution in [0.25, 0.3) is 0 Å². The smallest absolute Gasteiger partial charge is 0.127 e. The molecule has 2 heteroatoms. The van der Waals surface area contributed by atoms with Crippen molar-refractivity contribution in [3.63, 3.8) is 0 Å². The first-order chi connectivity index (χ1) is 14.1. The van der Waals surface area contributed by atoms with Crippen LogP contribution < -0.4 is 9.47 Å². The Morgan fingerprint density at radius 1 is 0.414 bits per heavy atom. The number of ether oxygens (including phenoxy) is 2. The summed E-state index contributed by atoms with van der Waals surface area (Å²) < 4.78 is 11.8. The van der Waals surface area contributed by atoms with Crippen molar-refractivity contribution in [1.29, 1.82) is 0 Å². The molecule has 4 aromatic rings. The van der Waals surface area contributed by atoms with Gasteiger partial charge in [0.1, 0.15) is 23.0 Å². The first-order valence-corrected chi connectivity index (χ1v) is 9.78. The zero-order chi connectivity index (χ0) is 20.1. The molecule has 0 atom stereocenters. The second kappa shape index (κ2) is 8.24. The molecule has 2 nitrogen and oxygen atoms in total. The molecule has 0 heterocycles. The van der Waals surface area contributed by atoms with Gasteiger partial charge in [-0.15, -0.1) is 0 Å². The Kier molecular flexibility index (Phi) is 5.35. The summed E-state index contributed by atoms with van der Waals surface area (Å²) in [4.78, 5) is 0. The van der Waals surface area contributed by atoms with Gasteiger partial charge in [-0.1, -0.05) is 74.5 Å². The summed E-state index contributed by atoms with van der Waals surface area (Å²) in [6.45, 7) is 4.46.